The number of carboxylic acid groups (broad SMARTS) is 1. The largest absolute Gasteiger partial charge is 0.481 e. The van der Waals surface area contributed by atoms with Gasteiger partial charge in [-0.1, -0.05) is 6.92 Å². The summed E-state index contributed by atoms with van der Waals surface area (Å²) < 4.78 is 0. The van der Waals surface area contributed by atoms with Crippen LogP contribution in [0.2, 0.25) is 0 Å². The molecule has 3 atom stereocenters. The zero-order valence-electron chi connectivity index (χ0n) is 12.7. The van der Waals surface area contributed by atoms with E-state index in [1.165, 1.54) is 6.42 Å². The number of carbonyl (C=O) groups is 2. The summed E-state index contributed by atoms with van der Waals surface area (Å²) in [5, 5.41) is 12.7. The van der Waals surface area contributed by atoms with Gasteiger partial charge in [-0.25, -0.2) is 4.79 Å². The maximum absolute atomic E-state index is 12.3. The highest BCUT2D eigenvalue weighted by molar-refractivity contribution is 7.99. The molecule has 3 unspecified atom stereocenters. The molecular weight excluding hydrogens is 288 g/mol. The number of hydrogen-bond acceptors (Lipinski definition) is 3. The molecule has 1 saturated heterocycles. The van der Waals surface area contributed by atoms with Gasteiger partial charge in [0.1, 0.15) is 0 Å². The van der Waals surface area contributed by atoms with Crippen LogP contribution in [0.3, 0.4) is 0 Å². The summed E-state index contributed by atoms with van der Waals surface area (Å²) in [7, 11) is 0. The Bertz CT molecular complexity index is 378. The van der Waals surface area contributed by atoms with Crippen LogP contribution < -0.4 is 5.32 Å². The average molecular weight is 314 g/mol. The molecule has 2 rings (SSSR count). The van der Waals surface area contributed by atoms with Gasteiger partial charge < -0.3 is 15.3 Å². The van der Waals surface area contributed by atoms with Crippen LogP contribution >= 0.6 is 11.8 Å². The van der Waals surface area contributed by atoms with Crippen molar-refractivity contribution < 1.29 is 14.7 Å². The predicted molar refractivity (Wildman–Crippen MR) is 84.6 cm³/mol. The van der Waals surface area contributed by atoms with E-state index in [0.717, 1.165) is 38.0 Å². The van der Waals surface area contributed by atoms with Gasteiger partial charge in [0.05, 0.1) is 0 Å². The molecule has 5 nitrogen and oxygen atoms in total. The Labute approximate surface area is 130 Å². The minimum Gasteiger partial charge on any atom is -0.481 e. The van der Waals surface area contributed by atoms with Crippen molar-refractivity contribution in [1.82, 2.24) is 10.2 Å². The fourth-order valence-electron chi connectivity index (χ4n) is 3.39. The second-order valence-electron chi connectivity index (χ2n) is 6.09. The van der Waals surface area contributed by atoms with Crippen LogP contribution in [-0.4, -0.2) is 52.1 Å². The smallest absolute Gasteiger partial charge is 0.317 e. The van der Waals surface area contributed by atoms with E-state index in [-0.39, 0.29) is 18.4 Å². The normalized spacial score (nSPS) is 29.4. The molecule has 6 heteroatoms. The van der Waals surface area contributed by atoms with Crippen molar-refractivity contribution in [2.24, 2.45) is 5.92 Å². The number of carbonyl (C=O) groups excluding carboxylic acids is 1. The number of hydrogen-bond donors (Lipinski definition) is 2. The first kappa shape index (κ1) is 16.5. The Hall–Kier alpha value is -0.910. The molecule has 1 aliphatic carbocycles. The maximum Gasteiger partial charge on any atom is 0.317 e. The molecule has 1 saturated carbocycles. The van der Waals surface area contributed by atoms with Crippen LogP contribution in [0.4, 0.5) is 4.79 Å². The van der Waals surface area contributed by atoms with Gasteiger partial charge in [0.15, 0.2) is 0 Å². The second kappa shape index (κ2) is 7.92. The number of nitrogens with one attached hydrogen (secondary N) is 1. The van der Waals surface area contributed by atoms with Crippen LogP contribution in [0.1, 0.15) is 45.4 Å². The Morgan fingerprint density at radius 2 is 2.14 bits per heavy atom. The highest BCUT2D eigenvalue weighted by atomic mass is 32.2. The number of aliphatic carboxylic acids is 1. The number of nitrogens with zero attached hydrogens (tertiary/aromatic N) is 1. The van der Waals surface area contributed by atoms with Crippen molar-refractivity contribution in [3.05, 3.63) is 0 Å². The molecule has 0 bridgehead atoms. The van der Waals surface area contributed by atoms with Crippen LogP contribution in [0.5, 0.6) is 0 Å². The molecule has 0 spiro atoms. The van der Waals surface area contributed by atoms with Gasteiger partial charge in [0.2, 0.25) is 0 Å². The summed E-state index contributed by atoms with van der Waals surface area (Å²) in [5.74, 6) is 0.473. The van der Waals surface area contributed by atoms with E-state index in [1.54, 1.807) is 4.90 Å². The quantitative estimate of drug-likeness (QED) is 0.818. The number of thioether (sulfide) groups is 1. The lowest BCUT2D eigenvalue weighted by Gasteiger charge is -2.33. The van der Waals surface area contributed by atoms with Gasteiger partial charge in [-0.15, -0.1) is 0 Å². The summed E-state index contributed by atoms with van der Waals surface area (Å²) in [6.45, 7) is 3.51. The third kappa shape index (κ3) is 5.09. The van der Waals surface area contributed by atoms with Crippen molar-refractivity contribution >= 4 is 23.8 Å². The standard InChI is InChI=1S/C15H26N2O3S/c1-2-21-13-6-5-12(9-13)16-15(20)17-7-3-4-11(10-17)8-14(18)19/h11-13H,2-10H2,1H3,(H,16,20)(H,18,19). The molecule has 1 heterocycles. The molecule has 21 heavy (non-hydrogen) atoms. The molecule has 1 aliphatic heterocycles. The molecular formula is C15H26N2O3S. The summed E-state index contributed by atoms with van der Waals surface area (Å²) >= 11 is 1.98. The molecule has 2 aliphatic rings. The third-order valence-corrected chi connectivity index (χ3v) is 5.62. The van der Waals surface area contributed by atoms with E-state index in [2.05, 4.69) is 12.2 Å². The fourth-order valence-corrected chi connectivity index (χ4v) is 4.53. The van der Waals surface area contributed by atoms with Crippen molar-refractivity contribution in [2.75, 3.05) is 18.8 Å². The molecule has 0 aromatic rings. The van der Waals surface area contributed by atoms with E-state index in [9.17, 15) is 9.59 Å². The first-order valence-corrected chi connectivity index (χ1v) is 9.02. The first-order chi connectivity index (χ1) is 10.1. The average Bonchev–Trinajstić information content (AvgIpc) is 2.86. The van der Waals surface area contributed by atoms with E-state index < -0.39 is 5.97 Å². The van der Waals surface area contributed by atoms with Crippen molar-refractivity contribution in [1.29, 1.82) is 0 Å². The lowest BCUT2D eigenvalue weighted by atomic mass is 9.95. The van der Waals surface area contributed by atoms with Crippen molar-refractivity contribution in [3.63, 3.8) is 0 Å². The van der Waals surface area contributed by atoms with Gasteiger partial charge in [0, 0.05) is 30.8 Å². The molecule has 0 aromatic heterocycles. The highest BCUT2D eigenvalue weighted by Gasteiger charge is 2.29. The molecule has 2 amide bonds. The Morgan fingerprint density at radius 1 is 1.33 bits per heavy atom. The molecule has 0 radical (unpaired) electrons. The molecule has 120 valence electrons. The Balaban J connectivity index is 1.76. The Kier molecular flexibility index (Phi) is 6.21. The minimum absolute atomic E-state index is 0.00256. The number of urea groups is 1. The van der Waals surface area contributed by atoms with E-state index >= 15 is 0 Å². The molecule has 0 aromatic carbocycles. The van der Waals surface area contributed by atoms with Gasteiger partial charge in [-0.05, 0) is 43.8 Å². The van der Waals surface area contributed by atoms with Crippen molar-refractivity contribution in [3.8, 4) is 0 Å². The Morgan fingerprint density at radius 3 is 2.86 bits per heavy atom. The number of carboxylic acids is 1. The van der Waals surface area contributed by atoms with Crippen LogP contribution in [0, 0.1) is 5.92 Å². The van der Waals surface area contributed by atoms with Crippen molar-refractivity contribution in [2.45, 2.75) is 56.7 Å². The number of rotatable bonds is 5. The van der Waals surface area contributed by atoms with Gasteiger partial charge in [-0.3, -0.25) is 4.79 Å². The summed E-state index contributed by atoms with van der Waals surface area (Å²) in [6, 6.07) is 0.290. The molecule has 2 N–H and O–H groups in total. The van der Waals surface area contributed by atoms with E-state index in [1.807, 2.05) is 11.8 Å². The van der Waals surface area contributed by atoms with Gasteiger partial charge in [0.25, 0.3) is 0 Å². The van der Waals surface area contributed by atoms with E-state index in [0.29, 0.717) is 17.8 Å². The summed E-state index contributed by atoms with van der Waals surface area (Å²) in [6.07, 6.45) is 5.30. The predicted octanol–water partition coefficient (Wildman–Crippen LogP) is 2.56. The maximum atomic E-state index is 12.3. The van der Waals surface area contributed by atoms with Crippen LogP contribution in [-0.2, 0) is 4.79 Å². The first-order valence-electron chi connectivity index (χ1n) is 7.97. The summed E-state index contributed by atoms with van der Waals surface area (Å²) in [4.78, 5) is 24.9. The lowest BCUT2D eigenvalue weighted by Crippen LogP contribution is -2.48. The van der Waals surface area contributed by atoms with Crippen LogP contribution in [0.25, 0.3) is 0 Å². The zero-order valence-corrected chi connectivity index (χ0v) is 13.5. The highest BCUT2D eigenvalue weighted by Crippen LogP contribution is 2.30. The van der Waals surface area contributed by atoms with Crippen LogP contribution in [0.15, 0.2) is 0 Å². The number of piperidine rings is 1. The third-order valence-electron chi connectivity index (χ3n) is 4.38. The topological polar surface area (TPSA) is 69.6 Å². The fraction of sp³-hybridized carbons (Fsp3) is 0.867. The van der Waals surface area contributed by atoms with E-state index in [4.69, 9.17) is 5.11 Å². The SMILES string of the molecule is CCSC1CCC(NC(=O)N2CCCC(CC(=O)O)C2)C1. The lowest BCUT2D eigenvalue weighted by molar-refractivity contribution is -0.138. The summed E-state index contributed by atoms with van der Waals surface area (Å²) in [5.41, 5.74) is 0. The molecule has 2 fully saturated rings. The minimum atomic E-state index is -0.766. The second-order valence-corrected chi connectivity index (χ2v) is 7.67. The number of amides is 2. The number of likely N-dealkylation sites (tertiary alicyclic amines) is 1. The van der Waals surface area contributed by atoms with Gasteiger partial charge in [-0.2, -0.15) is 11.8 Å². The monoisotopic (exact) mass is 314 g/mol. The zero-order chi connectivity index (χ0) is 15.2. The van der Waals surface area contributed by atoms with Gasteiger partial charge >= 0.3 is 12.0 Å².